The van der Waals surface area contributed by atoms with Crippen LogP contribution in [-0.2, 0) is 23.2 Å². The van der Waals surface area contributed by atoms with E-state index in [0.29, 0.717) is 6.54 Å². The van der Waals surface area contributed by atoms with Gasteiger partial charge in [0.1, 0.15) is 5.82 Å². The van der Waals surface area contributed by atoms with Crippen LogP contribution < -0.4 is 4.72 Å². The fourth-order valence-corrected chi connectivity index (χ4v) is 2.95. The lowest BCUT2D eigenvalue weighted by molar-refractivity contribution is 0.281. The van der Waals surface area contributed by atoms with E-state index in [1.54, 1.807) is 4.68 Å². The van der Waals surface area contributed by atoms with E-state index in [0.717, 1.165) is 12.1 Å². The standard InChI is InChI=1S/C12H13ClFN3O3S/c1-2-17-6-9(5-15-17)16-21(19,20)10-3-8(7-18)12(13)11(14)4-10/h3-6,16,18H,2,7H2,1H3. The summed E-state index contributed by atoms with van der Waals surface area (Å²) in [7, 11) is -3.99. The van der Waals surface area contributed by atoms with Crippen molar-refractivity contribution in [1.82, 2.24) is 9.78 Å². The average molecular weight is 334 g/mol. The Labute approximate surface area is 126 Å². The Balaban J connectivity index is 2.37. The fourth-order valence-electron chi connectivity index (χ4n) is 1.69. The van der Waals surface area contributed by atoms with Crippen LogP contribution in [0.4, 0.5) is 10.1 Å². The number of aliphatic hydroxyl groups is 1. The summed E-state index contributed by atoms with van der Waals surface area (Å²) in [5.41, 5.74) is 0.263. The molecular formula is C12H13ClFN3O3S. The number of anilines is 1. The van der Waals surface area contributed by atoms with E-state index < -0.39 is 22.4 Å². The molecular weight excluding hydrogens is 321 g/mol. The van der Waals surface area contributed by atoms with Crippen molar-refractivity contribution in [2.45, 2.75) is 25.0 Å². The summed E-state index contributed by atoms with van der Waals surface area (Å²) in [6.45, 7) is 1.88. The molecule has 1 aromatic heterocycles. The smallest absolute Gasteiger partial charge is 0.262 e. The number of aliphatic hydroxyl groups excluding tert-OH is 1. The maximum atomic E-state index is 13.6. The number of benzene rings is 1. The van der Waals surface area contributed by atoms with Crippen LogP contribution in [-0.4, -0.2) is 23.3 Å². The number of aryl methyl sites for hydroxylation is 1. The van der Waals surface area contributed by atoms with Crippen LogP contribution >= 0.6 is 11.6 Å². The lowest BCUT2D eigenvalue weighted by atomic mass is 10.2. The molecule has 0 atom stereocenters. The number of rotatable bonds is 5. The number of sulfonamides is 1. The second-order valence-corrected chi connectivity index (χ2v) is 6.29. The molecule has 21 heavy (non-hydrogen) atoms. The zero-order chi connectivity index (χ0) is 15.6. The molecule has 2 N–H and O–H groups in total. The molecule has 114 valence electrons. The molecule has 0 amide bonds. The maximum absolute atomic E-state index is 13.6. The van der Waals surface area contributed by atoms with Gasteiger partial charge in [0.05, 0.1) is 28.4 Å². The Kier molecular flexibility index (Phi) is 4.50. The van der Waals surface area contributed by atoms with E-state index in [2.05, 4.69) is 9.82 Å². The van der Waals surface area contributed by atoms with Gasteiger partial charge in [-0.15, -0.1) is 0 Å². The first-order chi connectivity index (χ1) is 9.87. The van der Waals surface area contributed by atoms with Gasteiger partial charge in [-0.1, -0.05) is 11.6 Å². The van der Waals surface area contributed by atoms with E-state index in [1.165, 1.54) is 12.4 Å². The first-order valence-electron chi connectivity index (χ1n) is 6.01. The van der Waals surface area contributed by atoms with Crippen LogP contribution in [0.1, 0.15) is 12.5 Å². The first-order valence-corrected chi connectivity index (χ1v) is 7.87. The van der Waals surface area contributed by atoms with E-state index in [-0.39, 0.29) is 21.2 Å². The van der Waals surface area contributed by atoms with Gasteiger partial charge in [-0.25, -0.2) is 12.8 Å². The average Bonchev–Trinajstić information content (AvgIpc) is 2.88. The molecule has 0 radical (unpaired) electrons. The van der Waals surface area contributed by atoms with Crippen LogP contribution in [0.25, 0.3) is 0 Å². The van der Waals surface area contributed by atoms with Crippen LogP contribution in [0.5, 0.6) is 0 Å². The molecule has 0 unspecified atom stereocenters. The van der Waals surface area contributed by atoms with Gasteiger partial charge < -0.3 is 5.11 Å². The summed E-state index contributed by atoms with van der Waals surface area (Å²) in [6.07, 6.45) is 2.86. The summed E-state index contributed by atoms with van der Waals surface area (Å²) in [6, 6.07) is 1.92. The van der Waals surface area contributed by atoms with E-state index in [9.17, 15) is 12.8 Å². The van der Waals surface area contributed by atoms with Gasteiger partial charge in [0.25, 0.3) is 10.0 Å². The molecule has 1 heterocycles. The van der Waals surface area contributed by atoms with Crippen molar-refractivity contribution in [3.8, 4) is 0 Å². The predicted octanol–water partition coefficient (Wildman–Crippen LogP) is 1.99. The number of nitrogens with one attached hydrogen (secondary N) is 1. The quantitative estimate of drug-likeness (QED) is 0.876. The van der Waals surface area contributed by atoms with Gasteiger partial charge in [-0.05, 0) is 19.1 Å². The Morgan fingerprint density at radius 3 is 2.76 bits per heavy atom. The van der Waals surface area contributed by atoms with Crippen molar-refractivity contribution in [3.05, 3.63) is 40.9 Å². The molecule has 2 rings (SSSR count). The second-order valence-electron chi connectivity index (χ2n) is 4.23. The van der Waals surface area contributed by atoms with Crippen LogP contribution in [0.3, 0.4) is 0 Å². The highest BCUT2D eigenvalue weighted by atomic mass is 35.5. The molecule has 2 aromatic rings. The van der Waals surface area contributed by atoms with Gasteiger partial charge in [0.2, 0.25) is 0 Å². The second kappa shape index (κ2) is 6.00. The summed E-state index contributed by atoms with van der Waals surface area (Å²) < 4.78 is 41.8. The lowest BCUT2D eigenvalue weighted by Crippen LogP contribution is -2.13. The van der Waals surface area contributed by atoms with Crippen molar-refractivity contribution < 1.29 is 17.9 Å². The minimum absolute atomic E-state index is 0.00120. The van der Waals surface area contributed by atoms with Gasteiger partial charge in [-0.2, -0.15) is 5.10 Å². The van der Waals surface area contributed by atoms with Crippen LogP contribution in [0.2, 0.25) is 5.02 Å². The van der Waals surface area contributed by atoms with Crippen molar-refractivity contribution in [2.75, 3.05) is 4.72 Å². The minimum atomic E-state index is -3.99. The highest BCUT2D eigenvalue weighted by Gasteiger charge is 2.19. The largest absolute Gasteiger partial charge is 0.392 e. The highest BCUT2D eigenvalue weighted by molar-refractivity contribution is 7.92. The molecule has 0 aliphatic heterocycles. The molecule has 0 fully saturated rings. The zero-order valence-corrected chi connectivity index (χ0v) is 12.6. The van der Waals surface area contributed by atoms with Crippen molar-refractivity contribution in [2.24, 2.45) is 0 Å². The van der Waals surface area contributed by atoms with Gasteiger partial charge in [0, 0.05) is 18.3 Å². The van der Waals surface area contributed by atoms with Gasteiger partial charge in [-0.3, -0.25) is 9.40 Å². The minimum Gasteiger partial charge on any atom is -0.392 e. The van der Waals surface area contributed by atoms with Crippen molar-refractivity contribution >= 4 is 27.3 Å². The SMILES string of the molecule is CCn1cc(NS(=O)(=O)c2cc(F)c(Cl)c(CO)c2)cn1. The molecule has 1 aromatic carbocycles. The van der Waals surface area contributed by atoms with Crippen molar-refractivity contribution in [3.63, 3.8) is 0 Å². The van der Waals surface area contributed by atoms with E-state index in [1.807, 2.05) is 6.92 Å². The third kappa shape index (κ3) is 3.34. The van der Waals surface area contributed by atoms with Crippen molar-refractivity contribution in [1.29, 1.82) is 0 Å². The van der Waals surface area contributed by atoms with E-state index >= 15 is 0 Å². The summed E-state index contributed by atoms with van der Waals surface area (Å²) in [4.78, 5) is -0.322. The van der Waals surface area contributed by atoms with Crippen LogP contribution in [0, 0.1) is 5.82 Å². The Bertz CT molecular complexity index is 761. The predicted molar refractivity (Wildman–Crippen MR) is 76.0 cm³/mol. The Hall–Kier alpha value is -1.64. The van der Waals surface area contributed by atoms with E-state index in [4.69, 9.17) is 16.7 Å². The molecule has 0 aliphatic rings. The molecule has 0 saturated carbocycles. The number of aromatic nitrogens is 2. The Morgan fingerprint density at radius 2 is 2.19 bits per heavy atom. The molecule has 6 nitrogen and oxygen atoms in total. The fraction of sp³-hybridized carbons (Fsp3) is 0.250. The monoisotopic (exact) mass is 333 g/mol. The third-order valence-corrected chi connectivity index (χ3v) is 4.55. The third-order valence-electron chi connectivity index (χ3n) is 2.77. The van der Waals surface area contributed by atoms with Gasteiger partial charge >= 0.3 is 0 Å². The summed E-state index contributed by atoms with van der Waals surface area (Å²) in [5.74, 6) is -0.909. The normalized spacial score (nSPS) is 11.6. The molecule has 0 bridgehead atoms. The van der Waals surface area contributed by atoms with Gasteiger partial charge in [0.15, 0.2) is 0 Å². The number of hydrogen-bond donors (Lipinski definition) is 2. The zero-order valence-electron chi connectivity index (χ0n) is 11.0. The van der Waals surface area contributed by atoms with Crippen LogP contribution in [0.15, 0.2) is 29.4 Å². The number of nitrogens with zero attached hydrogens (tertiary/aromatic N) is 2. The molecule has 0 saturated heterocycles. The first kappa shape index (κ1) is 15.7. The topological polar surface area (TPSA) is 84.2 Å². The number of halogens is 2. The summed E-state index contributed by atoms with van der Waals surface area (Å²) in [5, 5.41) is 12.7. The highest BCUT2D eigenvalue weighted by Crippen LogP contribution is 2.25. The number of hydrogen-bond acceptors (Lipinski definition) is 4. The molecule has 0 aliphatic carbocycles. The lowest BCUT2D eigenvalue weighted by Gasteiger charge is -2.09. The summed E-state index contributed by atoms with van der Waals surface area (Å²) >= 11 is 5.63. The molecule has 0 spiro atoms. The Morgan fingerprint density at radius 1 is 1.48 bits per heavy atom. The maximum Gasteiger partial charge on any atom is 0.262 e. The molecule has 9 heteroatoms.